The number of rotatable bonds is 4. The first-order valence-corrected chi connectivity index (χ1v) is 9.60. The highest BCUT2D eigenvalue weighted by Crippen LogP contribution is 2.28. The van der Waals surface area contributed by atoms with E-state index in [9.17, 15) is 13.2 Å². The van der Waals surface area contributed by atoms with Gasteiger partial charge in [-0.15, -0.1) is 0 Å². The second-order valence-electron chi connectivity index (χ2n) is 5.65. The van der Waals surface area contributed by atoms with E-state index in [-0.39, 0.29) is 28.9 Å². The summed E-state index contributed by atoms with van der Waals surface area (Å²) in [5.41, 5.74) is 0.381. The molecule has 0 saturated carbocycles. The monoisotopic (exact) mass is 374 g/mol. The van der Waals surface area contributed by atoms with E-state index in [1.54, 1.807) is 6.07 Å². The molecule has 132 valence electrons. The topological polar surface area (TPSA) is 84.9 Å². The molecule has 9 heteroatoms. The lowest BCUT2D eigenvalue weighted by Crippen LogP contribution is -2.40. The van der Waals surface area contributed by atoms with Crippen LogP contribution in [0.5, 0.6) is 0 Å². The summed E-state index contributed by atoms with van der Waals surface area (Å²) in [5, 5.41) is 2.82. The normalized spacial score (nSPS) is 22.5. The van der Waals surface area contributed by atoms with Gasteiger partial charge in [0, 0.05) is 25.4 Å². The third-order valence-corrected chi connectivity index (χ3v) is 6.39. The highest BCUT2D eigenvalue weighted by atomic mass is 35.5. The van der Waals surface area contributed by atoms with Gasteiger partial charge in [0.15, 0.2) is 0 Å². The van der Waals surface area contributed by atoms with Crippen molar-refractivity contribution in [2.45, 2.75) is 23.8 Å². The molecule has 1 aromatic rings. The molecule has 0 spiro atoms. The van der Waals surface area contributed by atoms with Gasteiger partial charge in [0.05, 0.1) is 18.2 Å². The molecule has 0 radical (unpaired) electrons. The number of sulfonamides is 1. The number of halogens is 1. The fourth-order valence-corrected chi connectivity index (χ4v) is 4.62. The van der Waals surface area contributed by atoms with Gasteiger partial charge < -0.3 is 14.8 Å². The Morgan fingerprint density at radius 3 is 2.67 bits per heavy atom. The highest BCUT2D eigenvalue weighted by Gasteiger charge is 2.29. The Kier molecular flexibility index (Phi) is 5.41. The predicted octanol–water partition coefficient (Wildman–Crippen LogP) is 1.48. The van der Waals surface area contributed by atoms with E-state index < -0.39 is 16.1 Å². The number of carbonyl (C=O) groups is 1. The van der Waals surface area contributed by atoms with Crippen molar-refractivity contribution in [3.63, 3.8) is 0 Å². The van der Waals surface area contributed by atoms with Gasteiger partial charge >= 0.3 is 0 Å². The molecule has 1 N–H and O–H groups in total. The third kappa shape index (κ3) is 3.73. The molecule has 0 aliphatic carbocycles. The van der Waals surface area contributed by atoms with Crippen LogP contribution in [0.25, 0.3) is 0 Å². The van der Waals surface area contributed by atoms with Gasteiger partial charge in [-0.1, -0.05) is 11.6 Å². The molecular formula is C15H19ClN2O5S. The van der Waals surface area contributed by atoms with E-state index in [1.807, 2.05) is 0 Å². The van der Waals surface area contributed by atoms with Crippen LogP contribution in [0.3, 0.4) is 0 Å². The minimum absolute atomic E-state index is 0.0174. The average Bonchev–Trinajstić information content (AvgIpc) is 3.12. The zero-order valence-electron chi connectivity index (χ0n) is 13.0. The number of ether oxygens (including phenoxy) is 2. The quantitative estimate of drug-likeness (QED) is 0.862. The van der Waals surface area contributed by atoms with Crippen LogP contribution in [0.4, 0.5) is 5.69 Å². The number of anilines is 1. The molecule has 1 amide bonds. The van der Waals surface area contributed by atoms with Crippen LogP contribution < -0.4 is 5.32 Å². The van der Waals surface area contributed by atoms with Gasteiger partial charge in [-0.05, 0) is 31.0 Å². The van der Waals surface area contributed by atoms with Crippen molar-refractivity contribution < 1.29 is 22.7 Å². The van der Waals surface area contributed by atoms with Crippen LogP contribution in [-0.4, -0.2) is 57.6 Å². The lowest BCUT2D eigenvalue weighted by molar-refractivity contribution is -0.124. The van der Waals surface area contributed by atoms with Crippen molar-refractivity contribution in [3.05, 3.63) is 23.2 Å². The molecule has 1 atom stereocenters. The third-order valence-electron chi connectivity index (χ3n) is 4.01. The van der Waals surface area contributed by atoms with Gasteiger partial charge in [0.2, 0.25) is 10.0 Å². The minimum atomic E-state index is -3.73. The first kappa shape index (κ1) is 17.6. The standard InChI is InChI=1S/C15H19ClN2O5S/c16-12-4-3-11(17-15(19)13-2-1-7-23-13)10-14(12)24(20,21)18-5-8-22-9-6-18/h3-4,10,13H,1-2,5-9H2,(H,17,19). The van der Waals surface area contributed by atoms with Crippen molar-refractivity contribution in [1.29, 1.82) is 0 Å². The maximum absolute atomic E-state index is 12.8. The van der Waals surface area contributed by atoms with Gasteiger partial charge in [-0.25, -0.2) is 8.42 Å². The summed E-state index contributed by atoms with van der Waals surface area (Å²) < 4.78 is 37.3. The second-order valence-corrected chi connectivity index (χ2v) is 7.97. The highest BCUT2D eigenvalue weighted by molar-refractivity contribution is 7.89. The van der Waals surface area contributed by atoms with Crippen LogP contribution in [-0.2, 0) is 24.3 Å². The van der Waals surface area contributed by atoms with Gasteiger partial charge in [-0.3, -0.25) is 4.79 Å². The number of amides is 1. The number of hydrogen-bond acceptors (Lipinski definition) is 5. The van der Waals surface area contributed by atoms with Crippen molar-refractivity contribution in [2.75, 3.05) is 38.2 Å². The Morgan fingerprint density at radius 1 is 1.25 bits per heavy atom. The lowest BCUT2D eigenvalue weighted by Gasteiger charge is -2.26. The van der Waals surface area contributed by atoms with E-state index in [4.69, 9.17) is 21.1 Å². The number of nitrogens with one attached hydrogen (secondary N) is 1. The number of hydrogen-bond donors (Lipinski definition) is 1. The smallest absolute Gasteiger partial charge is 0.253 e. The molecule has 1 aromatic carbocycles. The van der Waals surface area contributed by atoms with Crippen LogP contribution in [0, 0.1) is 0 Å². The Hall–Kier alpha value is -1.19. The zero-order valence-corrected chi connectivity index (χ0v) is 14.6. The molecule has 2 aliphatic rings. The van der Waals surface area contributed by atoms with E-state index >= 15 is 0 Å². The fourth-order valence-electron chi connectivity index (χ4n) is 2.71. The molecule has 0 aromatic heterocycles. The van der Waals surface area contributed by atoms with E-state index in [1.165, 1.54) is 16.4 Å². The predicted molar refractivity (Wildman–Crippen MR) is 88.6 cm³/mol. The van der Waals surface area contributed by atoms with Gasteiger partial charge in [0.25, 0.3) is 5.91 Å². The SMILES string of the molecule is O=C(Nc1ccc(Cl)c(S(=O)(=O)N2CCOCC2)c1)C1CCCO1. The maximum atomic E-state index is 12.8. The molecular weight excluding hydrogens is 356 g/mol. The summed E-state index contributed by atoms with van der Waals surface area (Å²) in [6.07, 6.45) is 1.02. The molecule has 2 saturated heterocycles. The first-order chi connectivity index (χ1) is 11.5. The summed E-state index contributed by atoms with van der Waals surface area (Å²) in [6, 6.07) is 4.44. The molecule has 1 unspecified atom stereocenters. The molecule has 2 heterocycles. The molecule has 2 aliphatic heterocycles. The Bertz CT molecular complexity index is 713. The summed E-state index contributed by atoms with van der Waals surface area (Å²) in [4.78, 5) is 12.1. The zero-order chi connectivity index (χ0) is 17.2. The summed E-state index contributed by atoms with van der Waals surface area (Å²) in [6.45, 7) is 1.84. The molecule has 24 heavy (non-hydrogen) atoms. The summed E-state index contributed by atoms with van der Waals surface area (Å²) in [5.74, 6) is -0.274. The lowest BCUT2D eigenvalue weighted by atomic mass is 10.2. The number of benzene rings is 1. The van der Waals surface area contributed by atoms with Crippen LogP contribution in [0.1, 0.15) is 12.8 Å². The van der Waals surface area contributed by atoms with Crippen LogP contribution in [0.15, 0.2) is 23.1 Å². The second kappa shape index (κ2) is 7.37. The van der Waals surface area contributed by atoms with Crippen molar-refractivity contribution >= 4 is 33.2 Å². The number of nitrogens with zero attached hydrogens (tertiary/aromatic N) is 1. The van der Waals surface area contributed by atoms with Gasteiger partial charge in [-0.2, -0.15) is 4.31 Å². The largest absolute Gasteiger partial charge is 0.379 e. The van der Waals surface area contributed by atoms with E-state index in [0.29, 0.717) is 31.9 Å². The van der Waals surface area contributed by atoms with Crippen molar-refractivity contribution in [2.24, 2.45) is 0 Å². The molecule has 2 fully saturated rings. The Morgan fingerprint density at radius 2 is 2.00 bits per heavy atom. The summed E-state index contributed by atoms with van der Waals surface area (Å²) in [7, 11) is -3.73. The maximum Gasteiger partial charge on any atom is 0.253 e. The molecule has 3 rings (SSSR count). The Balaban J connectivity index is 1.81. The fraction of sp³-hybridized carbons (Fsp3) is 0.533. The number of carbonyl (C=O) groups excluding carboxylic acids is 1. The first-order valence-electron chi connectivity index (χ1n) is 7.78. The number of morpholine rings is 1. The van der Waals surface area contributed by atoms with Crippen molar-refractivity contribution in [3.8, 4) is 0 Å². The van der Waals surface area contributed by atoms with Crippen molar-refractivity contribution in [1.82, 2.24) is 4.31 Å². The Labute approximate surface area is 145 Å². The van der Waals surface area contributed by atoms with Gasteiger partial charge in [0.1, 0.15) is 11.0 Å². The summed E-state index contributed by atoms with van der Waals surface area (Å²) >= 11 is 6.09. The van der Waals surface area contributed by atoms with Crippen LogP contribution >= 0.6 is 11.6 Å². The van der Waals surface area contributed by atoms with Crippen LogP contribution in [0.2, 0.25) is 5.02 Å². The van der Waals surface area contributed by atoms with E-state index in [2.05, 4.69) is 5.32 Å². The molecule has 0 bridgehead atoms. The van der Waals surface area contributed by atoms with E-state index in [0.717, 1.165) is 6.42 Å². The average molecular weight is 375 g/mol. The minimum Gasteiger partial charge on any atom is -0.379 e. The molecule has 7 nitrogen and oxygen atoms in total.